The first-order valence-corrected chi connectivity index (χ1v) is 14.1. The van der Waals surface area contributed by atoms with Crippen LogP contribution in [0.3, 0.4) is 0 Å². The van der Waals surface area contributed by atoms with Crippen molar-refractivity contribution in [3.8, 4) is 0 Å². The largest absolute Gasteiger partial charge is 0.458 e. The molecule has 0 aliphatic carbocycles. The maximum absolute atomic E-state index is 12.9. The monoisotopic (exact) mass is 484 g/mol. The first kappa shape index (κ1) is 27.9. The van der Waals surface area contributed by atoms with Gasteiger partial charge in [0.25, 0.3) is 0 Å². The van der Waals surface area contributed by atoms with Gasteiger partial charge in [-0.1, -0.05) is 61.8 Å². The maximum Gasteiger partial charge on any atom is 0.309 e. The van der Waals surface area contributed by atoms with Gasteiger partial charge in [-0.05, 0) is 83.6 Å². The molecule has 0 aromatic rings. The smallest absolute Gasteiger partial charge is 0.309 e. The van der Waals surface area contributed by atoms with E-state index in [1.54, 1.807) is 0 Å². The highest BCUT2D eigenvalue weighted by atomic mass is 16.5. The molecule has 35 heavy (non-hydrogen) atoms. The topological polar surface area (TPSA) is 44.8 Å². The summed E-state index contributed by atoms with van der Waals surface area (Å²) in [5.41, 5.74) is 2.73. The van der Waals surface area contributed by atoms with Gasteiger partial charge in [-0.15, -0.1) is 0 Å². The summed E-state index contributed by atoms with van der Waals surface area (Å²) >= 11 is 0. The summed E-state index contributed by atoms with van der Waals surface area (Å²) in [6.07, 6.45) is 24.7. The van der Waals surface area contributed by atoms with Crippen LogP contribution >= 0.6 is 0 Å². The molecule has 0 aromatic carbocycles. The molecule has 196 valence electrons. The summed E-state index contributed by atoms with van der Waals surface area (Å²) in [5, 5.41) is 0. The zero-order chi connectivity index (χ0) is 25.0. The van der Waals surface area contributed by atoms with Crippen LogP contribution in [0, 0.1) is 5.92 Å². The predicted octanol–water partition coefficient (Wildman–Crippen LogP) is 7.79. The molecule has 0 aromatic heterocycles. The van der Waals surface area contributed by atoms with Crippen LogP contribution in [0.15, 0.2) is 47.6 Å². The molecule has 3 heterocycles. The molecule has 0 N–H and O–H groups in total. The second kappa shape index (κ2) is 14.8. The van der Waals surface area contributed by atoms with E-state index in [1.807, 2.05) is 18.2 Å². The number of ether oxygens (including phenoxy) is 3. The minimum atomic E-state index is -0.195. The van der Waals surface area contributed by atoms with Crippen LogP contribution in [-0.2, 0) is 19.0 Å². The summed E-state index contributed by atoms with van der Waals surface area (Å²) in [5.74, 6) is 0.458. The molecule has 6 atom stereocenters. The van der Waals surface area contributed by atoms with E-state index in [1.165, 1.54) is 24.0 Å². The van der Waals surface area contributed by atoms with Crippen LogP contribution in [0.5, 0.6) is 0 Å². The van der Waals surface area contributed by atoms with Crippen LogP contribution in [0.25, 0.3) is 0 Å². The van der Waals surface area contributed by atoms with Gasteiger partial charge >= 0.3 is 5.97 Å². The van der Waals surface area contributed by atoms with Gasteiger partial charge in [-0.25, -0.2) is 0 Å². The minimum Gasteiger partial charge on any atom is -0.458 e. The minimum absolute atomic E-state index is 0.105. The Morgan fingerprint density at radius 1 is 0.886 bits per heavy atom. The molecule has 0 radical (unpaired) electrons. The fourth-order valence-corrected chi connectivity index (χ4v) is 5.57. The quantitative estimate of drug-likeness (QED) is 0.232. The summed E-state index contributed by atoms with van der Waals surface area (Å²) in [4.78, 5) is 12.9. The average molecular weight is 485 g/mol. The van der Waals surface area contributed by atoms with Gasteiger partial charge in [0.15, 0.2) is 0 Å². The molecule has 0 saturated carbocycles. The van der Waals surface area contributed by atoms with E-state index in [9.17, 15) is 4.79 Å². The van der Waals surface area contributed by atoms with E-state index in [0.717, 1.165) is 57.8 Å². The van der Waals surface area contributed by atoms with Gasteiger partial charge in [-0.2, -0.15) is 0 Å². The lowest BCUT2D eigenvalue weighted by Gasteiger charge is -2.37. The molecule has 4 bridgehead atoms. The molecule has 0 spiro atoms. The summed E-state index contributed by atoms with van der Waals surface area (Å²) < 4.78 is 18.9. The molecule has 4 heteroatoms. The van der Waals surface area contributed by atoms with Crippen LogP contribution in [0.4, 0.5) is 0 Å². The number of carbonyl (C=O) groups excluding carboxylic acids is 1. The molecule has 3 aliphatic rings. The second-order valence-corrected chi connectivity index (χ2v) is 10.9. The fraction of sp³-hybridized carbons (Fsp3) is 0.710. The third-order valence-electron chi connectivity index (χ3n) is 7.75. The highest BCUT2D eigenvalue weighted by molar-refractivity contribution is 5.70. The number of allylic oxidation sites excluding steroid dienone is 6. The van der Waals surface area contributed by atoms with Crippen LogP contribution < -0.4 is 0 Å². The highest BCUT2D eigenvalue weighted by Crippen LogP contribution is 2.33. The maximum atomic E-state index is 12.9. The Bertz CT molecular complexity index is 777. The molecule has 3 aliphatic heterocycles. The van der Waals surface area contributed by atoms with E-state index in [-0.39, 0.29) is 30.4 Å². The van der Waals surface area contributed by atoms with Gasteiger partial charge in [0.2, 0.25) is 0 Å². The number of cyclic esters (lactones) is 1. The first-order valence-electron chi connectivity index (χ1n) is 14.1. The number of rotatable bonds is 4. The molecule has 4 nitrogen and oxygen atoms in total. The zero-order valence-electron chi connectivity index (χ0n) is 22.5. The molecule has 0 amide bonds. The molecular formula is C31H48O4. The molecule has 3 rings (SSSR count). The fourth-order valence-electron chi connectivity index (χ4n) is 5.57. The lowest BCUT2D eigenvalue weighted by atomic mass is 9.89. The van der Waals surface area contributed by atoms with Crippen molar-refractivity contribution in [3.63, 3.8) is 0 Å². The number of hydrogen-bond acceptors (Lipinski definition) is 4. The first-order chi connectivity index (χ1) is 16.9. The van der Waals surface area contributed by atoms with Crippen molar-refractivity contribution in [2.75, 3.05) is 0 Å². The Labute approximate surface area is 213 Å². The van der Waals surface area contributed by atoms with Crippen LogP contribution in [0.1, 0.15) is 105 Å². The highest BCUT2D eigenvalue weighted by Gasteiger charge is 2.32. The van der Waals surface area contributed by atoms with E-state index in [2.05, 4.69) is 45.9 Å². The molecule has 6 unspecified atom stereocenters. The number of carbonyl (C=O) groups is 1. The third-order valence-corrected chi connectivity index (χ3v) is 7.75. The second-order valence-electron chi connectivity index (χ2n) is 10.9. The summed E-state index contributed by atoms with van der Waals surface area (Å²) in [6, 6.07) is 0. The Morgan fingerprint density at radius 3 is 2.37 bits per heavy atom. The number of esters is 1. The van der Waals surface area contributed by atoms with E-state index in [4.69, 9.17) is 14.2 Å². The Hall–Kier alpha value is -1.65. The SMILES string of the molecule is C/C=C1\CC2CC(=O)OC(/C=C/C=C\C=C(/C)CC)CCCC(C)CC3CCCC(CC(C1)O2)O3. The van der Waals surface area contributed by atoms with Crippen molar-refractivity contribution in [2.24, 2.45) is 5.92 Å². The standard InChI is InChI=1S/C31H48O4/c1-5-23(3)12-8-7-9-14-26-15-10-13-24(4)18-27-16-11-17-28(33-27)21-29-19-25(6-2)20-30(34-29)22-31(32)35-26/h6-9,12,14,24,26-30H,5,10-11,13,15-22H2,1-4H3/b8-7-,14-9+,23-12+,25-6-. The van der Waals surface area contributed by atoms with Gasteiger partial charge in [0.05, 0.1) is 30.8 Å². The van der Waals surface area contributed by atoms with Gasteiger partial charge < -0.3 is 14.2 Å². The molecule has 3 fully saturated rings. The molecule has 3 saturated heterocycles. The predicted molar refractivity (Wildman–Crippen MR) is 143 cm³/mol. The lowest BCUT2D eigenvalue weighted by molar-refractivity contribution is -0.154. The van der Waals surface area contributed by atoms with Crippen molar-refractivity contribution >= 4 is 5.97 Å². The molecular weight excluding hydrogens is 436 g/mol. The van der Waals surface area contributed by atoms with Crippen molar-refractivity contribution in [1.82, 2.24) is 0 Å². The van der Waals surface area contributed by atoms with Gasteiger partial charge in [0.1, 0.15) is 6.10 Å². The van der Waals surface area contributed by atoms with Crippen molar-refractivity contribution in [2.45, 2.75) is 135 Å². The van der Waals surface area contributed by atoms with Crippen molar-refractivity contribution in [1.29, 1.82) is 0 Å². The Morgan fingerprint density at radius 2 is 1.60 bits per heavy atom. The van der Waals surface area contributed by atoms with Crippen molar-refractivity contribution < 1.29 is 19.0 Å². The van der Waals surface area contributed by atoms with Gasteiger partial charge in [0, 0.05) is 6.42 Å². The third kappa shape index (κ3) is 10.1. The Kier molecular flexibility index (Phi) is 11.8. The summed E-state index contributed by atoms with van der Waals surface area (Å²) in [6.45, 7) is 8.73. The average Bonchev–Trinajstić information content (AvgIpc) is 2.82. The van der Waals surface area contributed by atoms with E-state index in [0.29, 0.717) is 18.4 Å². The summed E-state index contributed by atoms with van der Waals surface area (Å²) in [7, 11) is 0. The van der Waals surface area contributed by atoms with Gasteiger partial charge in [-0.3, -0.25) is 4.79 Å². The van der Waals surface area contributed by atoms with Crippen LogP contribution in [-0.4, -0.2) is 36.5 Å². The lowest BCUT2D eigenvalue weighted by Crippen LogP contribution is -2.37. The van der Waals surface area contributed by atoms with E-state index < -0.39 is 0 Å². The Balaban J connectivity index is 1.70. The number of fused-ring (bicyclic) bond motifs is 4. The number of hydrogen-bond donors (Lipinski definition) is 0. The van der Waals surface area contributed by atoms with Crippen molar-refractivity contribution in [3.05, 3.63) is 47.6 Å². The normalized spacial score (nSPS) is 35.5. The van der Waals surface area contributed by atoms with E-state index >= 15 is 0 Å². The zero-order valence-corrected chi connectivity index (χ0v) is 22.5. The van der Waals surface area contributed by atoms with Crippen LogP contribution in [0.2, 0.25) is 0 Å².